The molecule has 0 aliphatic carbocycles. The van der Waals surface area contributed by atoms with Crippen molar-refractivity contribution in [3.63, 3.8) is 0 Å². The smallest absolute Gasteiger partial charge is 0.140 e. The van der Waals surface area contributed by atoms with Crippen LogP contribution in [0.5, 0.6) is 5.75 Å². The van der Waals surface area contributed by atoms with Crippen LogP contribution in [0, 0.1) is 0 Å². The van der Waals surface area contributed by atoms with Gasteiger partial charge >= 0.3 is 0 Å². The molecule has 1 aromatic carbocycles. The van der Waals surface area contributed by atoms with Crippen molar-refractivity contribution < 1.29 is 4.74 Å². The van der Waals surface area contributed by atoms with Gasteiger partial charge in [-0.1, -0.05) is 28.1 Å². The van der Waals surface area contributed by atoms with Crippen molar-refractivity contribution in [2.24, 2.45) is 5.73 Å². The van der Waals surface area contributed by atoms with Gasteiger partial charge in [-0.15, -0.1) is 0 Å². The molecule has 0 fully saturated rings. The van der Waals surface area contributed by atoms with E-state index in [1.165, 1.54) is 0 Å². The highest BCUT2D eigenvalue weighted by molar-refractivity contribution is 9.10. The molecule has 0 saturated carbocycles. The number of nitrogens with zero attached hydrogens (tertiary/aromatic N) is 1. The fourth-order valence-corrected chi connectivity index (χ4v) is 2.23. The number of thiocarbonyl (C=S) groups is 1. The van der Waals surface area contributed by atoms with Crippen molar-refractivity contribution in [1.82, 2.24) is 4.98 Å². The summed E-state index contributed by atoms with van der Waals surface area (Å²) in [4.78, 5) is 4.55. The lowest BCUT2D eigenvalue weighted by Crippen LogP contribution is -2.12. The van der Waals surface area contributed by atoms with Gasteiger partial charge in [0.05, 0.1) is 12.7 Å². The molecule has 0 aliphatic rings. The number of nitrogens with two attached hydrogens (primary N) is 1. The Balaban J connectivity index is 2.36. The number of methoxy groups -OCH3 is 1. The van der Waals surface area contributed by atoms with Gasteiger partial charge in [0.25, 0.3) is 0 Å². The third kappa shape index (κ3) is 3.42. The van der Waals surface area contributed by atoms with Crippen LogP contribution in [-0.4, -0.2) is 17.1 Å². The van der Waals surface area contributed by atoms with E-state index in [0.29, 0.717) is 16.4 Å². The Bertz CT molecular complexity index is 619. The van der Waals surface area contributed by atoms with Crippen LogP contribution in [0.15, 0.2) is 41.0 Å². The average Bonchev–Trinajstić information content (AvgIpc) is 2.38. The maximum absolute atomic E-state index is 5.67. The summed E-state index contributed by atoms with van der Waals surface area (Å²) in [5.74, 6) is 1.36. The van der Waals surface area contributed by atoms with Crippen molar-refractivity contribution >= 4 is 44.6 Å². The predicted octanol–water partition coefficient (Wildman–Crippen LogP) is 3.23. The Morgan fingerprint density at radius 3 is 2.89 bits per heavy atom. The Morgan fingerprint density at radius 1 is 1.42 bits per heavy atom. The van der Waals surface area contributed by atoms with Crippen LogP contribution in [0.1, 0.15) is 5.56 Å². The lowest BCUT2D eigenvalue weighted by Gasteiger charge is -2.11. The lowest BCUT2D eigenvalue weighted by atomic mass is 10.2. The maximum atomic E-state index is 5.67. The molecule has 4 nitrogen and oxygen atoms in total. The monoisotopic (exact) mass is 337 g/mol. The molecule has 1 aromatic heterocycles. The summed E-state index contributed by atoms with van der Waals surface area (Å²) in [6.45, 7) is 0. The first-order valence-electron chi connectivity index (χ1n) is 5.46. The second-order valence-electron chi connectivity index (χ2n) is 3.77. The summed E-state index contributed by atoms with van der Waals surface area (Å²) in [7, 11) is 1.62. The van der Waals surface area contributed by atoms with Crippen LogP contribution in [0.25, 0.3) is 0 Å². The minimum absolute atomic E-state index is 0.303. The number of rotatable bonds is 4. The molecule has 0 amide bonds. The number of anilines is 2. The number of benzene rings is 1. The topological polar surface area (TPSA) is 60.2 Å². The number of hydrogen-bond donors (Lipinski definition) is 2. The molecule has 3 N–H and O–H groups in total. The Labute approximate surface area is 125 Å². The van der Waals surface area contributed by atoms with E-state index in [4.69, 9.17) is 22.7 Å². The Hall–Kier alpha value is -1.66. The first-order valence-corrected chi connectivity index (χ1v) is 6.66. The minimum Gasteiger partial charge on any atom is -0.497 e. The molecular formula is C13H12BrN3OS. The van der Waals surface area contributed by atoms with Gasteiger partial charge in [0, 0.05) is 22.4 Å². The summed E-state index contributed by atoms with van der Waals surface area (Å²) >= 11 is 8.43. The summed E-state index contributed by atoms with van der Waals surface area (Å²) in [6, 6.07) is 9.27. The summed E-state index contributed by atoms with van der Waals surface area (Å²) in [5.41, 5.74) is 7.21. The van der Waals surface area contributed by atoms with E-state index >= 15 is 0 Å². The van der Waals surface area contributed by atoms with Crippen molar-refractivity contribution in [1.29, 1.82) is 0 Å². The van der Waals surface area contributed by atoms with E-state index in [1.807, 2.05) is 24.3 Å². The molecule has 2 rings (SSSR count). The third-order valence-electron chi connectivity index (χ3n) is 2.44. The molecule has 0 atom stereocenters. The van der Waals surface area contributed by atoms with E-state index in [2.05, 4.69) is 26.2 Å². The number of halogens is 1. The molecule has 19 heavy (non-hydrogen) atoms. The molecule has 0 spiro atoms. The van der Waals surface area contributed by atoms with Crippen LogP contribution in [-0.2, 0) is 0 Å². The summed E-state index contributed by atoms with van der Waals surface area (Å²) < 4.78 is 6.11. The minimum atomic E-state index is 0.303. The van der Waals surface area contributed by atoms with Crippen LogP contribution < -0.4 is 15.8 Å². The van der Waals surface area contributed by atoms with Gasteiger partial charge in [0.2, 0.25) is 0 Å². The summed E-state index contributed by atoms with van der Waals surface area (Å²) in [6.07, 6.45) is 1.68. The molecule has 98 valence electrons. The van der Waals surface area contributed by atoms with E-state index in [-0.39, 0.29) is 0 Å². The van der Waals surface area contributed by atoms with Gasteiger partial charge in [0.1, 0.15) is 16.6 Å². The Morgan fingerprint density at radius 2 is 2.21 bits per heavy atom. The molecule has 0 saturated heterocycles. The molecule has 0 bridgehead atoms. The molecule has 2 aromatic rings. The molecule has 0 aliphatic heterocycles. The molecule has 6 heteroatoms. The number of pyridine rings is 1. The maximum Gasteiger partial charge on any atom is 0.140 e. The zero-order chi connectivity index (χ0) is 13.8. The highest BCUT2D eigenvalue weighted by Gasteiger charge is 2.07. The van der Waals surface area contributed by atoms with Gasteiger partial charge in [0.15, 0.2) is 0 Å². The average molecular weight is 338 g/mol. The summed E-state index contributed by atoms with van der Waals surface area (Å²) in [5, 5.41) is 3.18. The van der Waals surface area contributed by atoms with E-state index < -0.39 is 0 Å². The van der Waals surface area contributed by atoms with Crippen LogP contribution in [0.4, 0.5) is 11.5 Å². The quantitative estimate of drug-likeness (QED) is 0.838. The van der Waals surface area contributed by atoms with Gasteiger partial charge < -0.3 is 15.8 Å². The van der Waals surface area contributed by atoms with Crippen molar-refractivity contribution in [2.75, 3.05) is 12.4 Å². The zero-order valence-corrected chi connectivity index (χ0v) is 12.6. The number of aromatic nitrogens is 1. The molecule has 0 radical (unpaired) electrons. The largest absolute Gasteiger partial charge is 0.497 e. The van der Waals surface area contributed by atoms with Gasteiger partial charge in [-0.05, 0) is 24.3 Å². The molecule has 1 heterocycles. The van der Waals surface area contributed by atoms with E-state index in [0.717, 1.165) is 15.9 Å². The third-order valence-corrected chi connectivity index (χ3v) is 3.12. The highest BCUT2D eigenvalue weighted by Crippen LogP contribution is 2.27. The number of ether oxygens (including phenoxy) is 1. The normalized spacial score (nSPS) is 10.0. The second kappa shape index (κ2) is 5.99. The van der Waals surface area contributed by atoms with Crippen molar-refractivity contribution in [3.05, 3.63) is 46.6 Å². The van der Waals surface area contributed by atoms with Crippen LogP contribution in [0.2, 0.25) is 0 Å². The highest BCUT2D eigenvalue weighted by atomic mass is 79.9. The van der Waals surface area contributed by atoms with Crippen molar-refractivity contribution in [3.8, 4) is 5.75 Å². The zero-order valence-electron chi connectivity index (χ0n) is 10.2. The van der Waals surface area contributed by atoms with Crippen LogP contribution in [0.3, 0.4) is 0 Å². The van der Waals surface area contributed by atoms with Gasteiger partial charge in [-0.2, -0.15) is 0 Å². The van der Waals surface area contributed by atoms with Crippen molar-refractivity contribution in [2.45, 2.75) is 0 Å². The fraction of sp³-hybridized carbons (Fsp3) is 0.0769. The standard InChI is InChI=1S/C13H12BrN3OS/c1-18-10-6-8(14)5-9(7-10)17-13-11(12(15)19)3-2-4-16-13/h2-7H,1H3,(H2,15,19)(H,16,17). The molecule has 0 unspecified atom stereocenters. The van der Waals surface area contributed by atoms with Crippen LogP contribution >= 0.6 is 28.1 Å². The fourth-order valence-electron chi connectivity index (χ4n) is 1.59. The predicted molar refractivity (Wildman–Crippen MR) is 84.1 cm³/mol. The SMILES string of the molecule is COc1cc(Br)cc(Nc2ncccc2C(N)=S)c1. The number of nitrogens with one attached hydrogen (secondary N) is 1. The first-order chi connectivity index (χ1) is 9.10. The number of hydrogen-bond acceptors (Lipinski definition) is 4. The van der Waals surface area contributed by atoms with Gasteiger partial charge in [-0.25, -0.2) is 4.98 Å². The van der Waals surface area contributed by atoms with Gasteiger partial charge in [-0.3, -0.25) is 0 Å². The lowest BCUT2D eigenvalue weighted by molar-refractivity contribution is 0.415. The van der Waals surface area contributed by atoms with E-state index in [9.17, 15) is 0 Å². The second-order valence-corrected chi connectivity index (χ2v) is 5.12. The first kappa shape index (κ1) is 13.8. The molecular weight excluding hydrogens is 326 g/mol. The van der Waals surface area contributed by atoms with E-state index in [1.54, 1.807) is 19.4 Å². The Kier molecular flexibility index (Phi) is 4.34.